The van der Waals surface area contributed by atoms with Crippen LogP contribution in [0.25, 0.3) is 0 Å². The van der Waals surface area contributed by atoms with Crippen molar-refractivity contribution in [1.29, 1.82) is 0 Å². The van der Waals surface area contributed by atoms with E-state index in [0.29, 0.717) is 22.5 Å². The van der Waals surface area contributed by atoms with Gasteiger partial charge in [-0.1, -0.05) is 0 Å². The minimum Gasteiger partial charge on any atom is -0.502 e. The fourth-order valence-electron chi connectivity index (χ4n) is 3.47. The van der Waals surface area contributed by atoms with Gasteiger partial charge < -0.3 is 24.4 Å². The third-order valence-corrected chi connectivity index (χ3v) is 5.44. The summed E-state index contributed by atoms with van der Waals surface area (Å²) in [5.41, 5.74) is 7.25. The Morgan fingerprint density at radius 3 is 1.46 bits per heavy atom. The van der Waals surface area contributed by atoms with Crippen molar-refractivity contribution in [2.75, 3.05) is 14.2 Å². The molecule has 2 amide bonds. The second kappa shape index (κ2) is 12.3. The first-order valence-electron chi connectivity index (χ1n) is 11.9. The van der Waals surface area contributed by atoms with Crippen molar-refractivity contribution < 1.29 is 34.0 Å². The number of aromatic amines is 2. The molecule has 4 aromatic rings. The van der Waals surface area contributed by atoms with Gasteiger partial charge in [0.1, 0.15) is 11.4 Å². The van der Waals surface area contributed by atoms with E-state index in [1.165, 1.54) is 50.9 Å². The average molecular weight is 563 g/mol. The molecule has 0 aliphatic carbocycles. The van der Waals surface area contributed by atoms with Crippen molar-refractivity contribution in [3.8, 4) is 34.5 Å². The van der Waals surface area contributed by atoms with Crippen LogP contribution >= 0.6 is 0 Å². The van der Waals surface area contributed by atoms with E-state index in [4.69, 9.17) is 14.2 Å². The van der Waals surface area contributed by atoms with Gasteiger partial charge in [-0.15, -0.1) is 0 Å². The van der Waals surface area contributed by atoms with Crippen LogP contribution < -0.4 is 25.1 Å². The van der Waals surface area contributed by atoms with Crippen LogP contribution in [0.1, 0.15) is 43.5 Å². The first-order valence-corrected chi connectivity index (χ1v) is 11.9. The van der Waals surface area contributed by atoms with Crippen LogP contribution in [0.5, 0.6) is 34.5 Å². The van der Waals surface area contributed by atoms with Gasteiger partial charge >= 0.3 is 0 Å². The van der Waals surface area contributed by atoms with Crippen LogP contribution in [0, 0.1) is 13.8 Å². The number of nitrogens with one attached hydrogen (secondary N) is 4. The van der Waals surface area contributed by atoms with Gasteiger partial charge in [0.25, 0.3) is 11.8 Å². The monoisotopic (exact) mass is 562 g/mol. The molecule has 2 aromatic heterocycles. The van der Waals surface area contributed by atoms with Crippen LogP contribution in [0.15, 0.2) is 46.6 Å². The van der Waals surface area contributed by atoms with Crippen molar-refractivity contribution in [3.63, 3.8) is 0 Å². The second-order valence-electron chi connectivity index (χ2n) is 8.49. The molecule has 15 heteroatoms. The molecule has 0 atom stereocenters. The van der Waals surface area contributed by atoms with Crippen LogP contribution in [0.4, 0.5) is 0 Å². The molecule has 15 nitrogen and oxygen atoms in total. The van der Waals surface area contributed by atoms with E-state index in [1.807, 2.05) is 0 Å². The number of ether oxygens (including phenoxy) is 3. The van der Waals surface area contributed by atoms with Crippen LogP contribution in [0.3, 0.4) is 0 Å². The highest BCUT2D eigenvalue weighted by atomic mass is 16.5. The lowest BCUT2D eigenvalue weighted by molar-refractivity contribution is 0.0942. The van der Waals surface area contributed by atoms with Crippen molar-refractivity contribution >= 4 is 24.2 Å². The number of methoxy groups -OCH3 is 2. The number of nitrogens with zero attached hydrogens (tertiary/aromatic N) is 4. The number of hydrogen-bond donors (Lipinski definition) is 6. The molecule has 2 heterocycles. The summed E-state index contributed by atoms with van der Waals surface area (Å²) in [7, 11) is 2.69. The Balaban J connectivity index is 1.55. The van der Waals surface area contributed by atoms with E-state index in [1.54, 1.807) is 26.0 Å². The second-order valence-corrected chi connectivity index (χ2v) is 8.49. The van der Waals surface area contributed by atoms with Gasteiger partial charge in [-0.05, 0) is 50.2 Å². The summed E-state index contributed by atoms with van der Waals surface area (Å²) in [5.74, 6) is -1.85. The van der Waals surface area contributed by atoms with Crippen molar-refractivity contribution in [1.82, 2.24) is 31.2 Å². The third kappa shape index (κ3) is 6.78. The fourth-order valence-corrected chi connectivity index (χ4v) is 3.47. The van der Waals surface area contributed by atoms with E-state index >= 15 is 0 Å². The molecule has 0 aliphatic rings. The van der Waals surface area contributed by atoms with Gasteiger partial charge in [-0.2, -0.15) is 20.4 Å². The van der Waals surface area contributed by atoms with Crippen molar-refractivity contribution in [2.24, 2.45) is 10.2 Å². The number of phenols is 2. The largest absolute Gasteiger partial charge is 0.502 e. The Morgan fingerprint density at radius 2 is 1.12 bits per heavy atom. The number of carbonyl (C=O) groups is 2. The fraction of sp³-hybridized carbons (Fsp3) is 0.154. The molecule has 2 aromatic carbocycles. The van der Waals surface area contributed by atoms with Crippen molar-refractivity contribution in [2.45, 2.75) is 13.8 Å². The number of aromatic nitrogens is 4. The number of amides is 2. The maximum Gasteiger partial charge on any atom is 0.289 e. The first-order chi connectivity index (χ1) is 19.7. The van der Waals surface area contributed by atoms with Gasteiger partial charge in [-0.3, -0.25) is 19.8 Å². The maximum absolute atomic E-state index is 12.2. The zero-order chi connectivity index (χ0) is 29.5. The number of rotatable bonds is 10. The van der Waals surface area contributed by atoms with E-state index < -0.39 is 11.8 Å². The number of carbonyl (C=O) groups excluding carboxylic acids is 2. The first kappa shape index (κ1) is 28.2. The lowest BCUT2D eigenvalue weighted by atomic mass is 10.1. The zero-order valence-electron chi connectivity index (χ0n) is 22.3. The molecular weight excluding hydrogens is 536 g/mol. The Bertz CT molecular complexity index is 1520. The van der Waals surface area contributed by atoms with Crippen LogP contribution in [0.2, 0.25) is 0 Å². The Hall–Kier alpha value is -5.86. The highest BCUT2D eigenvalue weighted by molar-refractivity contribution is 5.94. The van der Waals surface area contributed by atoms with Gasteiger partial charge in [0, 0.05) is 11.1 Å². The molecule has 0 spiro atoms. The molecule has 0 radical (unpaired) electrons. The summed E-state index contributed by atoms with van der Waals surface area (Å²) >= 11 is 0. The Morgan fingerprint density at radius 1 is 0.732 bits per heavy atom. The van der Waals surface area contributed by atoms with Gasteiger partial charge in [0.2, 0.25) is 11.5 Å². The number of aryl methyl sites for hydroxylation is 2. The molecule has 0 fully saturated rings. The lowest BCUT2D eigenvalue weighted by Gasteiger charge is -2.14. The number of aromatic hydroxyl groups is 2. The highest BCUT2D eigenvalue weighted by Crippen LogP contribution is 2.44. The molecule has 0 saturated heterocycles. The van der Waals surface area contributed by atoms with Gasteiger partial charge in [0.15, 0.2) is 23.0 Å². The number of H-pyrrole nitrogens is 2. The van der Waals surface area contributed by atoms with Gasteiger partial charge in [-0.25, -0.2) is 10.9 Å². The summed E-state index contributed by atoms with van der Waals surface area (Å²) < 4.78 is 16.3. The van der Waals surface area contributed by atoms with Crippen LogP contribution in [-0.4, -0.2) is 69.1 Å². The minimum absolute atomic E-state index is 0.0420. The highest BCUT2D eigenvalue weighted by Gasteiger charge is 2.18. The summed E-state index contributed by atoms with van der Waals surface area (Å²) in [6, 6.07) is 8.87. The van der Waals surface area contributed by atoms with Crippen molar-refractivity contribution in [3.05, 3.63) is 70.3 Å². The molecule has 0 aliphatic heterocycles. The topological polar surface area (TPSA) is 208 Å². The predicted molar refractivity (Wildman–Crippen MR) is 146 cm³/mol. The molecule has 0 bridgehead atoms. The molecule has 41 heavy (non-hydrogen) atoms. The van der Waals surface area contributed by atoms with Crippen LogP contribution in [-0.2, 0) is 0 Å². The summed E-state index contributed by atoms with van der Waals surface area (Å²) in [6.07, 6.45) is 2.62. The SMILES string of the molecule is COc1cc(/C=N/NC(=O)c2cc(C)n[nH]2)cc(Oc2cc(/C=N/NC(=O)c3cc(C)n[nH]3)cc(OC)c2O)c1O. The van der Waals surface area contributed by atoms with E-state index in [9.17, 15) is 19.8 Å². The summed E-state index contributed by atoms with van der Waals surface area (Å²) in [5, 5.41) is 42.1. The number of benzene rings is 2. The predicted octanol–water partition coefficient (Wildman–Crippen LogP) is 2.50. The zero-order valence-corrected chi connectivity index (χ0v) is 22.3. The molecule has 4 rings (SSSR count). The number of phenolic OH excluding ortho intramolecular Hbond substituents is 2. The van der Waals surface area contributed by atoms with E-state index in [-0.39, 0.29) is 45.9 Å². The lowest BCUT2D eigenvalue weighted by Crippen LogP contribution is -2.18. The smallest absolute Gasteiger partial charge is 0.289 e. The molecular formula is C26H26N8O7. The van der Waals surface area contributed by atoms with E-state index in [2.05, 4.69) is 41.4 Å². The summed E-state index contributed by atoms with van der Waals surface area (Å²) in [6.45, 7) is 3.47. The number of hydrogen-bond acceptors (Lipinski definition) is 11. The molecule has 0 unspecified atom stereocenters. The third-order valence-electron chi connectivity index (χ3n) is 5.44. The van der Waals surface area contributed by atoms with E-state index in [0.717, 1.165) is 0 Å². The minimum atomic E-state index is -0.504. The van der Waals surface area contributed by atoms with Gasteiger partial charge in [0.05, 0.1) is 38.0 Å². The molecule has 0 saturated carbocycles. The maximum atomic E-state index is 12.2. The Kier molecular flexibility index (Phi) is 8.47. The molecule has 6 N–H and O–H groups in total. The average Bonchev–Trinajstić information content (AvgIpc) is 3.59. The normalized spacial score (nSPS) is 11.1. The quantitative estimate of drug-likeness (QED) is 0.124. The Labute approximate surface area is 232 Å². The standard InChI is InChI=1S/C26H26N8O7/c1-13-5-17(31-29-13)25(37)33-27-11-15-7-19(39-3)23(35)21(9-15)41-22-10-16(8-20(40-4)24(22)36)12-28-34-26(38)18-6-14(2)30-32-18/h5-12,35-36H,1-4H3,(H,29,31)(H,30,32)(H,33,37)(H,34,38)/b27-11+,28-12+. The molecule has 212 valence electrons. The number of hydrazone groups is 2. The summed E-state index contributed by atoms with van der Waals surface area (Å²) in [4.78, 5) is 24.4.